The standard InChI is InChI=1S/C18H20FN7O/c1-11(27)25-6-5-17-14(10-25)18(23-26(17)20)22-16-4-3-12(7-15(16)19)13-8-21-24(2)9-13/h3-4,7-9H,5-6,10,20H2,1-2H3,(H,22,23). The molecule has 3 heterocycles. The van der Waals surface area contributed by atoms with E-state index in [0.29, 0.717) is 31.0 Å². The number of rotatable bonds is 3. The second kappa shape index (κ2) is 6.42. The van der Waals surface area contributed by atoms with Gasteiger partial charge in [0, 0.05) is 44.3 Å². The molecule has 0 radical (unpaired) electrons. The van der Waals surface area contributed by atoms with Gasteiger partial charge in [-0.05, 0) is 17.7 Å². The number of nitrogen functional groups attached to an aromatic ring is 1. The molecule has 0 unspecified atom stereocenters. The average molecular weight is 369 g/mol. The van der Waals surface area contributed by atoms with Crippen molar-refractivity contribution in [1.82, 2.24) is 24.6 Å². The molecule has 9 heteroatoms. The highest BCUT2D eigenvalue weighted by atomic mass is 19.1. The van der Waals surface area contributed by atoms with Crippen molar-refractivity contribution in [3.8, 4) is 11.1 Å². The number of fused-ring (bicyclic) bond motifs is 1. The molecule has 0 spiro atoms. The molecule has 0 atom stereocenters. The highest BCUT2D eigenvalue weighted by molar-refractivity contribution is 5.74. The number of anilines is 2. The first-order chi connectivity index (χ1) is 12.9. The van der Waals surface area contributed by atoms with E-state index < -0.39 is 5.82 Å². The van der Waals surface area contributed by atoms with E-state index in [9.17, 15) is 9.18 Å². The Balaban J connectivity index is 1.62. The molecular formula is C18H20FN7O. The van der Waals surface area contributed by atoms with Crippen LogP contribution >= 0.6 is 0 Å². The molecule has 27 heavy (non-hydrogen) atoms. The van der Waals surface area contributed by atoms with E-state index in [1.165, 1.54) is 17.8 Å². The lowest BCUT2D eigenvalue weighted by Crippen LogP contribution is -2.35. The Labute approximate surface area is 155 Å². The molecule has 1 aliphatic heterocycles. The summed E-state index contributed by atoms with van der Waals surface area (Å²) in [4.78, 5) is 14.7. The summed E-state index contributed by atoms with van der Waals surface area (Å²) in [7, 11) is 1.81. The van der Waals surface area contributed by atoms with Crippen LogP contribution in [0.2, 0.25) is 0 Å². The zero-order valence-corrected chi connectivity index (χ0v) is 15.1. The number of carbonyl (C=O) groups is 1. The van der Waals surface area contributed by atoms with Gasteiger partial charge in [-0.15, -0.1) is 5.10 Å². The molecule has 0 saturated carbocycles. The summed E-state index contributed by atoms with van der Waals surface area (Å²) in [5, 5.41) is 11.4. The molecule has 3 N–H and O–H groups in total. The van der Waals surface area contributed by atoms with Crippen molar-refractivity contribution in [3.05, 3.63) is 47.7 Å². The average Bonchev–Trinajstić information content (AvgIpc) is 3.20. The van der Waals surface area contributed by atoms with Gasteiger partial charge in [0.2, 0.25) is 5.91 Å². The SMILES string of the molecule is CC(=O)N1CCc2c(c(Nc3ccc(-c4cnn(C)c4)cc3F)nn2N)C1. The summed E-state index contributed by atoms with van der Waals surface area (Å²) >= 11 is 0. The lowest BCUT2D eigenvalue weighted by Gasteiger charge is -2.26. The highest BCUT2D eigenvalue weighted by Crippen LogP contribution is 2.30. The first-order valence-corrected chi connectivity index (χ1v) is 8.59. The Morgan fingerprint density at radius 3 is 2.81 bits per heavy atom. The fraction of sp³-hybridized carbons (Fsp3) is 0.278. The number of nitrogens with zero attached hydrogens (tertiary/aromatic N) is 5. The third kappa shape index (κ3) is 3.12. The van der Waals surface area contributed by atoms with Gasteiger partial charge in [0.1, 0.15) is 5.82 Å². The zero-order valence-electron chi connectivity index (χ0n) is 15.1. The van der Waals surface area contributed by atoms with Crippen LogP contribution in [0.25, 0.3) is 11.1 Å². The van der Waals surface area contributed by atoms with Crippen LogP contribution < -0.4 is 11.2 Å². The van der Waals surface area contributed by atoms with Crippen LogP contribution in [0.3, 0.4) is 0 Å². The van der Waals surface area contributed by atoms with Gasteiger partial charge in [-0.25, -0.2) is 4.39 Å². The quantitative estimate of drug-likeness (QED) is 0.687. The molecule has 1 amide bonds. The van der Waals surface area contributed by atoms with E-state index in [0.717, 1.165) is 22.4 Å². The lowest BCUT2D eigenvalue weighted by atomic mass is 10.1. The summed E-state index contributed by atoms with van der Waals surface area (Å²) in [6.07, 6.45) is 4.12. The van der Waals surface area contributed by atoms with Crippen LogP contribution in [-0.4, -0.2) is 37.0 Å². The summed E-state index contributed by atoms with van der Waals surface area (Å²) in [6.45, 7) is 2.53. The second-order valence-corrected chi connectivity index (χ2v) is 6.63. The monoisotopic (exact) mass is 369 g/mol. The van der Waals surface area contributed by atoms with Gasteiger partial charge in [-0.1, -0.05) is 6.07 Å². The number of halogens is 1. The van der Waals surface area contributed by atoms with E-state index in [4.69, 9.17) is 5.84 Å². The summed E-state index contributed by atoms with van der Waals surface area (Å²) in [5.41, 5.74) is 3.53. The summed E-state index contributed by atoms with van der Waals surface area (Å²) < 4.78 is 16.3. The van der Waals surface area contributed by atoms with Crippen LogP contribution in [0, 0.1) is 5.82 Å². The third-order valence-electron chi connectivity index (χ3n) is 4.79. The number of aromatic nitrogens is 4. The van der Waals surface area contributed by atoms with Crippen LogP contribution in [0.15, 0.2) is 30.6 Å². The van der Waals surface area contributed by atoms with Crippen LogP contribution in [0.5, 0.6) is 0 Å². The normalized spacial score (nSPS) is 13.5. The molecule has 0 saturated heterocycles. The first-order valence-electron chi connectivity index (χ1n) is 8.59. The maximum absolute atomic E-state index is 14.7. The van der Waals surface area contributed by atoms with E-state index in [1.807, 2.05) is 19.3 Å². The number of amides is 1. The predicted molar refractivity (Wildman–Crippen MR) is 99.1 cm³/mol. The van der Waals surface area contributed by atoms with E-state index >= 15 is 0 Å². The van der Waals surface area contributed by atoms with E-state index in [-0.39, 0.29) is 5.91 Å². The lowest BCUT2D eigenvalue weighted by molar-refractivity contribution is -0.129. The van der Waals surface area contributed by atoms with Gasteiger partial charge in [-0.2, -0.15) is 9.89 Å². The van der Waals surface area contributed by atoms with E-state index in [1.54, 1.807) is 21.8 Å². The maximum atomic E-state index is 14.7. The van der Waals surface area contributed by atoms with Gasteiger partial charge in [0.15, 0.2) is 5.82 Å². The Morgan fingerprint density at radius 1 is 1.33 bits per heavy atom. The number of hydrogen-bond donors (Lipinski definition) is 2. The van der Waals surface area contributed by atoms with Crippen molar-refractivity contribution in [2.45, 2.75) is 19.9 Å². The molecular weight excluding hydrogens is 349 g/mol. The molecule has 0 aliphatic carbocycles. The van der Waals surface area contributed by atoms with Crippen molar-refractivity contribution in [2.75, 3.05) is 17.7 Å². The topological polar surface area (TPSA) is 94.0 Å². The molecule has 1 aliphatic rings. The molecule has 8 nitrogen and oxygen atoms in total. The number of nitrogens with one attached hydrogen (secondary N) is 1. The Bertz CT molecular complexity index is 1020. The smallest absolute Gasteiger partial charge is 0.219 e. The summed E-state index contributed by atoms with van der Waals surface area (Å²) in [5.74, 6) is 5.98. The molecule has 4 rings (SSSR count). The largest absolute Gasteiger partial charge is 0.338 e. The van der Waals surface area contributed by atoms with Crippen LogP contribution in [0.1, 0.15) is 18.2 Å². The Kier molecular flexibility index (Phi) is 4.06. The van der Waals surface area contributed by atoms with Gasteiger partial charge in [0.25, 0.3) is 0 Å². The van der Waals surface area contributed by atoms with Crippen molar-refractivity contribution in [3.63, 3.8) is 0 Å². The number of nitrogens with two attached hydrogens (primary N) is 1. The van der Waals surface area contributed by atoms with Gasteiger partial charge in [0.05, 0.1) is 24.1 Å². The fourth-order valence-corrected chi connectivity index (χ4v) is 3.31. The van der Waals surface area contributed by atoms with Crippen LogP contribution in [-0.2, 0) is 24.8 Å². The molecule has 0 bridgehead atoms. The molecule has 0 fully saturated rings. The fourth-order valence-electron chi connectivity index (χ4n) is 3.31. The third-order valence-corrected chi connectivity index (χ3v) is 4.79. The minimum absolute atomic E-state index is 0.0108. The number of aryl methyl sites for hydroxylation is 1. The van der Waals surface area contributed by atoms with Crippen molar-refractivity contribution < 1.29 is 9.18 Å². The molecule has 2 aromatic heterocycles. The number of hydrogen-bond acceptors (Lipinski definition) is 5. The van der Waals surface area contributed by atoms with Crippen molar-refractivity contribution in [1.29, 1.82) is 0 Å². The Hall–Kier alpha value is -3.36. The molecule has 140 valence electrons. The number of carbonyl (C=O) groups excluding carboxylic acids is 1. The van der Waals surface area contributed by atoms with Gasteiger partial charge >= 0.3 is 0 Å². The minimum atomic E-state index is -0.407. The van der Waals surface area contributed by atoms with E-state index in [2.05, 4.69) is 15.5 Å². The zero-order chi connectivity index (χ0) is 19.1. The molecule has 3 aromatic rings. The van der Waals surface area contributed by atoms with Crippen molar-refractivity contribution in [2.24, 2.45) is 7.05 Å². The first kappa shape index (κ1) is 17.1. The van der Waals surface area contributed by atoms with Crippen molar-refractivity contribution >= 4 is 17.4 Å². The molecule has 1 aromatic carbocycles. The highest BCUT2D eigenvalue weighted by Gasteiger charge is 2.26. The second-order valence-electron chi connectivity index (χ2n) is 6.63. The Morgan fingerprint density at radius 2 is 2.15 bits per heavy atom. The van der Waals surface area contributed by atoms with Gasteiger partial charge in [-0.3, -0.25) is 9.48 Å². The maximum Gasteiger partial charge on any atom is 0.219 e. The number of benzene rings is 1. The summed E-state index contributed by atoms with van der Waals surface area (Å²) in [6, 6.07) is 4.93. The van der Waals surface area contributed by atoms with Crippen LogP contribution in [0.4, 0.5) is 15.9 Å². The predicted octanol–water partition coefficient (Wildman–Crippen LogP) is 1.78. The van der Waals surface area contributed by atoms with Gasteiger partial charge < -0.3 is 16.1 Å². The minimum Gasteiger partial charge on any atom is -0.338 e.